The van der Waals surface area contributed by atoms with Gasteiger partial charge in [-0.15, -0.1) is 6.58 Å². The first-order valence-electron chi connectivity index (χ1n) is 7.74. The summed E-state index contributed by atoms with van der Waals surface area (Å²) < 4.78 is 0. The molecule has 4 nitrogen and oxygen atoms in total. The molecule has 0 bridgehead atoms. The largest absolute Gasteiger partial charge is 0.481 e. The fraction of sp³-hybridized carbons (Fsp3) is 0.765. The molecule has 21 heavy (non-hydrogen) atoms. The fourth-order valence-electron chi connectivity index (χ4n) is 2.30. The number of hydrogen-bond acceptors (Lipinski definition) is 2. The minimum Gasteiger partial charge on any atom is -0.481 e. The molecule has 0 heterocycles. The fourth-order valence-corrected chi connectivity index (χ4v) is 2.30. The Hall–Kier alpha value is -1.32. The molecule has 0 aliphatic carbocycles. The summed E-state index contributed by atoms with van der Waals surface area (Å²) in [5.74, 6) is -1.61. The molecule has 0 radical (unpaired) electrons. The van der Waals surface area contributed by atoms with Crippen molar-refractivity contribution in [3.63, 3.8) is 0 Å². The molecule has 0 aliphatic rings. The van der Waals surface area contributed by atoms with Crippen LogP contribution in [0.25, 0.3) is 0 Å². The first-order chi connectivity index (χ1) is 9.61. The molecule has 0 saturated carbocycles. The van der Waals surface area contributed by atoms with Crippen molar-refractivity contribution in [1.82, 2.24) is 4.90 Å². The molecule has 0 fully saturated rings. The van der Waals surface area contributed by atoms with Gasteiger partial charge in [0, 0.05) is 19.0 Å². The van der Waals surface area contributed by atoms with Gasteiger partial charge in [-0.2, -0.15) is 0 Å². The maximum atomic E-state index is 12.5. The molecule has 0 aliphatic heterocycles. The highest BCUT2D eigenvalue weighted by Gasteiger charge is 2.34. The average Bonchev–Trinajstić information content (AvgIpc) is 2.33. The molecular formula is C17H31NO3. The monoisotopic (exact) mass is 297 g/mol. The minimum absolute atomic E-state index is 0.0640. The summed E-state index contributed by atoms with van der Waals surface area (Å²) >= 11 is 0. The highest BCUT2D eigenvalue weighted by atomic mass is 16.4. The summed E-state index contributed by atoms with van der Waals surface area (Å²) in [4.78, 5) is 25.6. The van der Waals surface area contributed by atoms with Crippen LogP contribution in [0.15, 0.2) is 12.7 Å². The topological polar surface area (TPSA) is 57.6 Å². The van der Waals surface area contributed by atoms with Gasteiger partial charge in [-0.25, -0.2) is 0 Å². The van der Waals surface area contributed by atoms with Crippen molar-refractivity contribution in [2.75, 3.05) is 6.54 Å². The number of amides is 1. The van der Waals surface area contributed by atoms with E-state index in [1.807, 2.05) is 40.7 Å². The molecular weight excluding hydrogens is 266 g/mol. The molecule has 0 aromatic heterocycles. The van der Waals surface area contributed by atoms with Crippen molar-refractivity contribution in [2.45, 2.75) is 66.3 Å². The van der Waals surface area contributed by atoms with Crippen LogP contribution in [0.1, 0.15) is 60.3 Å². The first kappa shape index (κ1) is 19.7. The summed E-state index contributed by atoms with van der Waals surface area (Å²) in [6.07, 6.45) is 4.81. The number of rotatable bonds is 9. The van der Waals surface area contributed by atoms with Crippen LogP contribution in [0.4, 0.5) is 0 Å². The van der Waals surface area contributed by atoms with Crippen LogP contribution in [0.2, 0.25) is 0 Å². The van der Waals surface area contributed by atoms with E-state index in [9.17, 15) is 14.7 Å². The predicted octanol–water partition coefficient (Wildman–Crippen LogP) is 3.72. The summed E-state index contributed by atoms with van der Waals surface area (Å²) in [6.45, 7) is 13.9. The van der Waals surface area contributed by atoms with Crippen LogP contribution in [-0.4, -0.2) is 34.5 Å². The standard InChI is InChI=1S/C17H31NO3/c1-7-8-9-10-11-18(13(2)3)15(19)12-14(16(20)21)17(4,5)6/h7,13-14H,1,8-12H2,2-6H3,(H,20,21)/t14-/m1/s1. The smallest absolute Gasteiger partial charge is 0.307 e. The van der Waals surface area contributed by atoms with Gasteiger partial charge in [0.2, 0.25) is 5.91 Å². The third kappa shape index (κ3) is 7.30. The van der Waals surface area contributed by atoms with E-state index in [1.165, 1.54) is 0 Å². The number of unbranched alkanes of at least 4 members (excludes halogenated alkanes) is 2. The zero-order chi connectivity index (χ0) is 16.6. The zero-order valence-corrected chi connectivity index (χ0v) is 14.2. The number of carbonyl (C=O) groups is 2. The van der Waals surface area contributed by atoms with E-state index in [1.54, 1.807) is 4.90 Å². The number of aliphatic carboxylic acids is 1. The van der Waals surface area contributed by atoms with Crippen molar-refractivity contribution in [1.29, 1.82) is 0 Å². The molecule has 0 unspecified atom stereocenters. The Labute approximate surface area is 129 Å². The van der Waals surface area contributed by atoms with Crippen molar-refractivity contribution in [3.8, 4) is 0 Å². The van der Waals surface area contributed by atoms with Gasteiger partial charge in [0.25, 0.3) is 0 Å². The van der Waals surface area contributed by atoms with E-state index < -0.39 is 17.3 Å². The Kier molecular flexibility index (Phi) is 8.30. The lowest BCUT2D eigenvalue weighted by Gasteiger charge is -2.31. The van der Waals surface area contributed by atoms with Crippen LogP contribution in [0.5, 0.6) is 0 Å². The van der Waals surface area contributed by atoms with E-state index in [0.717, 1.165) is 19.3 Å². The highest BCUT2D eigenvalue weighted by Crippen LogP contribution is 2.29. The quantitative estimate of drug-likeness (QED) is 0.521. The molecule has 1 atom stereocenters. The molecule has 4 heteroatoms. The lowest BCUT2D eigenvalue weighted by Crippen LogP contribution is -2.41. The van der Waals surface area contributed by atoms with Gasteiger partial charge < -0.3 is 10.0 Å². The van der Waals surface area contributed by atoms with Crippen LogP contribution < -0.4 is 0 Å². The van der Waals surface area contributed by atoms with Crippen molar-refractivity contribution in [2.24, 2.45) is 11.3 Å². The third-order valence-electron chi connectivity index (χ3n) is 3.72. The Morgan fingerprint density at radius 2 is 1.81 bits per heavy atom. The summed E-state index contributed by atoms with van der Waals surface area (Å²) in [6, 6.07) is 0.0932. The lowest BCUT2D eigenvalue weighted by atomic mass is 9.78. The van der Waals surface area contributed by atoms with Gasteiger partial charge in [0.1, 0.15) is 0 Å². The number of carboxylic acids is 1. The molecule has 0 rings (SSSR count). The van der Waals surface area contributed by atoms with Gasteiger partial charge >= 0.3 is 5.97 Å². The SMILES string of the molecule is C=CCCCCN(C(=O)C[C@H](C(=O)O)C(C)(C)C)C(C)C. The zero-order valence-electron chi connectivity index (χ0n) is 14.2. The van der Waals surface area contributed by atoms with E-state index in [4.69, 9.17) is 0 Å². The van der Waals surface area contributed by atoms with Gasteiger partial charge in [0.05, 0.1) is 5.92 Å². The third-order valence-corrected chi connectivity index (χ3v) is 3.72. The van der Waals surface area contributed by atoms with E-state index in [2.05, 4.69) is 6.58 Å². The van der Waals surface area contributed by atoms with Gasteiger partial charge in [-0.05, 0) is 38.5 Å². The van der Waals surface area contributed by atoms with E-state index in [-0.39, 0.29) is 18.4 Å². The van der Waals surface area contributed by atoms with Crippen LogP contribution in [0, 0.1) is 11.3 Å². The second kappa shape index (κ2) is 8.85. The number of allylic oxidation sites excluding steroid dienone is 1. The lowest BCUT2D eigenvalue weighted by molar-refractivity contribution is -0.150. The Bertz CT molecular complexity index is 356. The Balaban J connectivity index is 4.73. The van der Waals surface area contributed by atoms with Crippen LogP contribution >= 0.6 is 0 Å². The number of carboxylic acid groups (broad SMARTS) is 1. The van der Waals surface area contributed by atoms with Gasteiger partial charge in [-0.1, -0.05) is 26.8 Å². The second-order valence-corrected chi connectivity index (χ2v) is 6.93. The normalized spacial score (nSPS) is 13.0. The number of hydrogen-bond donors (Lipinski definition) is 1. The number of nitrogens with zero attached hydrogens (tertiary/aromatic N) is 1. The summed E-state index contributed by atoms with van der Waals surface area (Å²) in [5.41, 5.74) is -0.424. The predicted molar refractivity (Wildman–Crippen MR) is 86.1 cm³/mol. The van der Waals surface area contributed by atoms with E-state index >= 15 is 0 Å². The number of carbonyl (C=O) groups excluding carboxylic acids is 1. The molecule has 1 N–H and O–H groups in total. The van der Waals surface area contributed by atoms with Crippen molar-refractivity contribution < 1.29 is 14.7 Å². The highest BCUT2D eigenvalue weighted by molar-refractivity contribution is 5.83. The maximum Gasteiger partial charge on any atom is 0.307 e. The Morgan fingerprint density at radius 1 is 1.24 bits per heavy atom. The van der Waals surface area contributed by atoms with E-state index in [0.29, 0.717) is 6.54 Å². The molecule has 0 saturated heterocycles. The summed E-state index contributed by atoms with van der Waals surface area (Å²) in [7, 11) is 0. The Morgan fingerprint density at radius 3 is 2.19 bits per heavy atom. The second-order valence-electron chi connectivity index (χ2n) is 6.93. The average molecular weight is 297 g/mol. The molecule has 0 aromatic rings. The van der Waals surface area contributed by atoms with Gasteiger partial charge in [0.15, 0.2) is 0 Å². The molecule has 122 valence electrons. The van der Waals surface area contributed by atoms with Crippen molar-refractivity contribution >= 4 is 11.9 Å². The molecule has 0 spiro atoms. The minimum atomic E-state index is -0.897. The molecule has 0 aromatic carbocycles. The molecule has 1 amide bonds. The summed E-state index contributed by atoms with van der Waals surface area (Å²) in [5, 5.41) is 9.34. The van der Waals surface area contributed by atoms with Gasteiger partial charge in [-0.3, -0.25) is 9.59 Å². The van der Waals surface area contributed by atoms with Crippen LogP contribution in [0.3, 0.4) is 0 Å². The first-order valence-corrected chi connectivity index (χ1v) is 7.74. The van der Waals surface area contributed by atoms with Crippen LogP contribution in [-0.2, 0) is 9.59 Å². The maximum absolute atomic E-state index is 12.5. The van der Waals surface area contributed by atoms with Crippen molar-refractivity contribution in [3.05, 3.63) is 12.7 Å².